The van der Waals surface area contributed by atoms with Crippen LogP contribution in [0.4, 0.5) is 0 Å². The highest BCUT2D eigenvalue weighted by molar-refractivity contribution is 5.82. The van der Waals surface area contributed by atoms with Gasteiger partial charge in [-0.2, -0.15) is 0 Å². The van der Waals surface area contributed by atoms with Gasteiger partial charge in [0.05, 0.1) is 6.54 Å². The first-order valence-electron chi connectivity index (χ1n) is 6.70. The normalized spacial score (nSPS) is 18.4. The minimum Gasteiger partial charge on any atom is -0.480 e. The van der Waals surface area contributed by atoms with Crippen molar-refractivity contribution in [3.8, 4) is 0 Å². The summed E-state index contributed by atoms with van der Waals surface area (Å²) in [6.07, 6.45) is 3.38. The molecule has 0 spiro atoms. The monoisotopic (exact) mass is 256 g/mol. The van der Waals surface area contributed by atoms with E-state index in [1.165, 1.54) is 0 Å². The van der Waals surface area contributed by atoms with Gasteiger partial charge in [0, 0.05) is 12.1 Å². The molecule has 1 saturated carbocycles. The van der Waals surface area contributed by atoms with Gasteiger partial charge >= 0.3 is 5.97 Å². The van der Waals surface area contributed by atoms with E-state index in [0.717, 1.165) is 19.3 Å². The van der Waals surface area contributed by atoms with Gasteiger partial charge in [0.2, 0.25) is 5.91 Å². The van der Waals surface area contributed by atoms with Gasteiger partial charge < -0.3 is 10.4 Å². The third-order valence-electron chi connectivity index (χ3n) is 3.77. The Balaban J connectivity index is 2.47. The SMILES string of the molecule is CCC(C)C(C)N(CC(=O)NCC(=O)O)C1CC1. The molecule has 0 aromatic rings. The number of hydrogen-bond acceptors (Lipinski definition) is 3. The van der Waals surface area contributed by atoms with Crippen LogP contribution in [0.1, 0.15) is 40.0 Å². The highest BCUT2D eigenvalue weighted by Gasteiger charge is 2.34. The Bertz CT molecular complexity index is 303. The molecule has 2 atom stereocenters. The molecule has 2 N–H and O–H groups in total. The first-order chi connectivity index (χ1) is 8.45. The van der Waals surface area contributed by atoms with Gasteiger partial charge in [-0.1, -0.05) is 20.3 Å². The average Bonchev–Trinajstić information content (AvgIpc) is 3.15. The Hall–Kier alpha value is -1.10. The number of carbonyl (C=O) groups excluding carboxylic acids is 1. The smallest absolute Gasteiger partial charge is 0.322 e. The van der Waals surface area contributed by atoms with Gasteiger partial charge in [-0.25, -0.2) is 0 Å². The molecule has 0 heterocycles. The maximum atomic E-state index is 11.7. The highest BCUT2D eigenvalue weighted by Crippen LogP contribution is 2.30. The van der Waals surface area contributed by atoms with Crippen molar-refractivity contribution < 1.29 is 14.7 Å². The van der Waals surface area contributed by atoms with Crippen molar-refractivity contribution in [3.63, 3.8) is 0 Å². The van der Waals surface area contributed by atoms with E-state index in [4.69, 9.17) is 5.11 Å². The quantitative estimate of drug-likeness (QED) is 0.682. The summed E-state index contributed by atoms with van der Waals surface area (Å²) in [5.74, 6) is -0.659. The van der Waals surface area contributed by atoms with E-state index in [-0.39, 0.29) is 12.5 Å². The Morgan fingerprint density at radius 1 is 1.39 bits per heavy atom. The minimum absolute atomic E-state index is 0.195. The van der Waals surface area contributed by atoms with E-state index >= 15 is 0 Å². The van der Waals surface area contributed by atoms with E-state index in [1.54, 1.807) is 0 Å². The zero-order valence-electron chi connectivity index (χ0n) is 11.5. The first kappa shape index (κ1) is 15.0. The van der Waals surface area contributed by atoms with Crippen molar-refractivity contribution in [2.24, 2.45) is 5.92 Å². The number of carbonyl (C=O) groups is 2. The fourth-order valence-corrected chi connectivity index (χ4v) is 2.08. The van der Waals surface area contributed by atoms with E-state index in [2.05, 4.69) is 31.0 Å². The zero-order chi connectivity index (χ0) is 13.7. The second kappa shape index (κ2) is 6.73. The number of aliphatic carboxylic acids is 1. The molecule has 0 aromatic heterocycles. The summed E-state index contributed by atoms with van der Waals surface area (Å²) in [6.45, 7) is 6.50. The molecule has 0 aliphatic heterocycles. The molecule has 0 aromatic carbocycles. The molecule has 1 rings (SSSR count). The first-order valence-corrected chi connectivity index (χ1v) is 6.70. The lowest BCUT2D eigenvalue weighted by Gasteiger charge is -2.32. The van der Waals surface area contributed by atoms with Crippen LogP contribution in [0.15, 0.2) is 0 Å². The van der Waals surface area contributed by atoms with Gasteiger partial charge in [-0.3, -0.25) is 14.5 Å². The number of nitrogens with one attached hydrogen (secondary N) is 1. The van der Waals surface area contributed by atoms with Crippen LogP contribution in [0.5, 0.6) is 0 Å². The number of rotatable bonds is 8. The predicted molar refractivity (Wildman–Crippen MR) is 69.3 cm³/mol. The third kappa shape index (κ3) is 4.64. The summed E-state index contributed by atoms with van der Waals surface area (Å²) in [7, 11) is 0. The van der Waals surface area contributed by atoms with E-state index in [1.807, 2.05) is 0 Å². The van der Waals surface area contributed by atoms with Crippen LogP contribution in [-0.2, 0) is 9.59 Å². The molecule has 1 aliphatic rings. The average molecular weight is 256 g/mol. The third-order valence-corrected chi connectivity index (χ3v) is 3.77. The Kier molecular flexibility index (Phi) is 5.59. The fraction of sp³-hybridized carbons (Fsp3) is 0.846. The summed E-state index contributed by atoms with van der Waals surface area (Å²) in [4.78, 5) is 24.3. The molecular formula is C13H24N2O3. The van der Waals surface area contributed by atoms with Crippen LogP contribution >= 0.6 is 0 Å². The Morgan fingerprint density at radius 2 is 2.00 bits per heavy atom. The van der Waals surface area contributed by atoms with Crippen LogP contribution in [0, 0.1) is 5.92 Å². The molecule has 0 saturated heterocycles. The molecule has 1 amide bonds. The van der Waals surface area contributed by atoms with Crippen molar-refractivity contribution in [1.29, 1.82) is 0 Å². The van der Waals surface area contributed by atoms with Gasteiger partial charge in [-0.15, -0.1) is 0 Å². The van der Waals surface area contributed by atoms with Crippen LogP contribution in [-0.4, -0.2) is 47.1 Å². The summed E-state index contributed by atoms with van der Waals surface area (Å²) in [6, 6.07) is 0.864. The summed E-state index contributed by atoms with van der Waals surface area (Å²) in [5, 5.41) is 11.0. The van der Waals surface area contributed by atoms with Crippen LogP contribution in [0.25, 0.3) is 0 Å². The molecule has 2 unspecified atom stereocenters. The van der Waals surface area contributed by atoms with E-state index in [9.17, 15) is 9.59 Å². The Morgan fingerprint density at radius 3 is 2.44 bits per heavy atom. The van der Waals surface area contributed by atoms with Crippen molar-refractivity contribution in [1.82, 2.24) is 10.2 Å². The maximum absolute atomic E-state index is 11.7. The molecule has 0 radical (unpaired) electrons. The second-order valence-corrected chi connectivity index (χ2v) is 5.20. The molecule has 5 nitrogen and oxygen atoms in total. The highest BCUT2D eigenvalue weighted by atomic mass is 16.4. The van der Waals surface area contributed by atoms with Gasteiger partial charge in [0.1, 0.15) is 6.54 Å². The van der Waals surface area contributed by atoms with Crippen LogP contribution in [0.3, 0.4) is 0 Å². The molecule has 1 fully saturated rings. The number of nitrogens with zero attached hydrogens (tertiary/aromatic N) is 1. The minimum atomic E-state index is -1.00. The number of hydrogen-bond donors (Lipinski definition) is 2. The van der Waals surface area contributed by atoms with Crippen LogP contribution < -0.4 is 5.32 Å². The number of carboxylic acids is 1. The zero-order valence-corrected chi connectivity index (χ0v) is 11.5. The summed E-state index contributed by atoms with van der Waals surface area (Å²) < 4.78 is 0. The molecule has 18 heavy (non-hydrogen) atoms. The van der Waals surface area contributed by atoms with Crippen LogP contribution in [0.2, 0.25) is 0 Å². The maximum Gasteiger partial charge on any atom is 0.322 e. The fourth-order valence-electron chi connectivity index (χ4n) is 2.08. The summed E-state index contributed by atoms with van der Waals surface area (Å²) >= 11 is 0. The van der Waals surface area contributed by atoms with E-state index in [0.29, 0.717) is 24.5 Å². The van der Waals surface area contributed by atoms with Crippen molar-refractivity contribution >= 4 is 11.9 Å². The van der Waals surface area contributed by atoms with E-state index < -0.39 is 5.97 Å². The van der Waals surface area contributed by atoms with Gasteiger partial charge in [-0.05, 0) is 25.7 Å². The molecule has 104 valence electrons. The molecular weight excluding hydrogens is 232 g/mol. The van der Waals surface area contributed by atoms with Crippen molar-refractivity contribution in [2.75, 3.05) is 13.1 Å². The predicted octanol–water partition coefficient (Wildman–Crippen LogP) is 1.09. The second-order valence-electron chi connectivity index (χ2n) is 5.20. The molecule has 0 bridgehead atoms. The van der Waals surface area contributed by atoms with Gasteiger partial charge in [0.25, 0.3) is 0 Å². The standard InChI is InChI=1S/C13H24N2O3/c1-4-9(2)10(3)15(11-5-6-11)8-12(16)14-7-13(17)18/h9-11H,4-8H2,1-3H3,(H,14,16)(H,17,18). The van der Waals surface area contributed by atoms with Crippen molar-refractivity contribution in [3.05, 3.63) is 0 Å². The Labute approximate surface area is 109 Å². The number of amides is 1. The summed E-state index contributed by atoms with van der Waals surface area (Å²) in [5.41, 5.74) is 0. The van der Waals surface area contributed by atoms with Crippen molar-refractivity contribution in [2.45, 2.75) is 52.1 Å². The lowest BCUT2D eigenvalue weighted by Crippen LogP contribution is -2.46. The molecule has 1 aliphatic carbocycles. The largest absolute Gasteiger partial charge is 0.480 e. The lowest BCUT2D eigenvalue weighted by atomic mass is 9.99. The van der Waals surface area contributed by atoms with Gasteiger partial charge in [0.15, 0.2) is 0 Å². The number of carboxylic acid groups (broad SMARTS) is 1. The topological polar surface area (TPSA) is 69.6 Å². The lowest BCUT2D eigenvalue weighted by molar-refractivity contribution is -0.138. The molecule has 5 heteroatoms.